The summed E-state index contributed by atoms with van der Waals surface area (Å²) in [6.07, 6.45) is 5.35. The third-order valence-corrected chi connectivity index (χ3v) is 4.83. The Bertz CT molecular complexity index is 1190. The van der Waals surface area contributed by atoms with Crippen LogP contribution in [0.4, 0.5) is 5.69 Å². The molecule has 0 N–H and O–H groups in total. The van der Waals surface area contributed by atoms with E-state index in [0.29, 0.717) is 17.1 Å². The highest BCUT2D eigenvalue weighted by molar-refractivity contribution is 6.13. The predicted molar refractivity (Wildman–Crippen MR) is 117 cm³/mol. The second-order valence-corrected chi connectivity index (χ2v) is 7.06. The van der Waals surface area contributed by atoms with Gasteiger partial charge in [-0.05, 0) is 47.9 Å². The number of ether oxygens (including phenoxy) is 2. The van der Waals surface area contributed by atoms with E-state index in [2.05, 4.69) is 0 Å². The van der Waals surface area contributed by atoms with Crippen LogP contribution in [0, 0.1) is 17.0 Å². The van der Waals surface area contributed by atoms with Crippen molar-refractivity contribution in [3.63, 3.8) is 0 Å². The van der Waals surface area contributed by atoms with Gasteiger partial charge in [-0.25, -0.2) is 0 Å². The quantitative estimate of drug-likeness (QED) is 0.296. The minimum absolute atomic E-state index is 0.0321. The normalized spacial score (nSPS) is 14.0. The van der Waals surface area contributed by atoms with Gasteiger partial charge in [-0.15, -0.1) is 0 Å². The molecule has 3 aromatic carbocycles. The molecule has 31 heavy (non-hydrogen) atoms. The Labute approximate surface area is 179 Å². The first-order chi connectivity index (χ1) is 15.0. The maximum Gasteiger partial charge on any atom is 0.269 e. The van der Waals surface area contributed by atoms with Crippen LogP contribution < -0.4 is 9.47 Å². The number of hydrogen-bond donors (Lipinski definition) is 0. The second kappa shape index (κ2) is 8.67. The monoisotopic (exact) mass is 413 g/mol. The summed E-state index contributed by atoms with van der Waals surface area (Å²) in [5.74, 6) is 1.12. The number of carbonyl (C=O) groups is 1. The van der Waals surface area contributed by atoms with Gasteiger partial charge in [0.1, 0.15) is 18.1 Å². The molecule has 6 nitrogen and oxygen atoms in total. The Morgan fingerprint density at radius 1 is 1.06 bits per heavy atom. The fourth-order valence-electron chi connectivity index (χ4n) is 3.27. The molecule has 0 saturated heterocycles. The van der Waals surface area contributed by atoms with Crippen molar-refractivity contribution in [3.05, 3.63) is 117 Å². The van der Waals surface area contributed by atoms with Crippen molar-refractivity contribution in [3.8, 4) is 11.5 Å². The number of allylic oxidation sites excluding steroid dienone is 3. The van der Waals surface area contributed by atoms with E-state index in [-0.39, 0.29) is 23.8 Å². The van der Waals surface area contributed by atoms with E-state index in [0.717, 1.165) is 16.7 Å². The van der Waals surface area contributed by atoms with E-state index < -0.39 is 4.92 Å². The summed E-state index contributed by atoms with van der Waals surface area (Å²) in [5.41, 5.74) is 3.15. The SMILES string of the molecule is Cc1cc(OCc2ccc([N+](=O)[O-])cc2)cc2c1C(=O)/C(=C/C=C/c1ccccc1)O2. The van der Waals surface area contributed by atoms with Crippen LogP contribution in [0.5, 0.6) is 11.5 Å². The maximum atomic E-state index is 12.7. The number of ketones is 1. The zero-order valence-corrected chi connectivity index (χ0v) is 16.8. The Hall–Kier alpha value is -4.19. The number of Topliss-reactive ketones (excluding diaryl/α,β-unsaturated/α-hetero) is 1. The highest BCUT2D eigenvalue weighted by atomic mass is 16.6. The minimum atomic E-state index is -0.441. The Balaban J connectivity index is 1.47. The van der Waals surface area contributed by atoms with Gasteiger partial charge in [0.25, 0.3) is 5.69 Å². The van der Waals surface area contributed by atoms with Crippen molar-refractivity contribution in [1.29, 1.82) is 0 Å². The minimum Gasteiger partial charge on any atom is -0.489 e. The highest BCUT2D eigenvalue weighted by Gasteiger charge is 2.29. The van der Waals surface area contributed by atoms with Crippen molar-refractivity contribution in [2.75, 3.05) is 0 Å². The molecule has 1 aliphatic rings. The molecule has 3 aromatic rings. The number of benzene rings is 3. The van der Waals surface area contributed by atoms with Gasteiger partial charge in [-0.1, -0.05) is 42.5 Å². The van der Waals surface area contributed by atoms with E-state index in [1.807, 2.05) is 43.3 Å². The molecule has 0 aromatic heterocycles. The van der Waals surface area contributed by atoms with E-state index in [9.17, 15) is 14.9 Å². The summed E-state index contributed by atoms with van der Waals surface area (Å²) in [6, 6.07) is 19.4. The van der Waals surface area contributed by atoms with Gasteiger partial charge in [0.15, 0.2) is 5.76 Å². The molecule has 0 amide bonds. The van der Waals surface area contributed by atoms with Crippen LogP contribution >= 0.6 is 0 Å². The fourth-order valence-corrected chi connectivity index (χ4v) is 3.27. The molecule has 154 valence electrons. The summed E-state index contributed by atoms with van der Waals surface area (Å²) in [7, 11) is 0. The van der Waals surface area contributed by atoms with Crippen LogP contribution in [0.25, 0.3) is 6.08 Å². The molecule has 0 radical (unpaired) electrons. The molecule has 0 fully saturated rings. The molecule has 1 heterocycles. The summed E-state index contributed by atoms with van der Waals surface area (Å²) in [4.78, 5) is 23.0. The summed E-state index contributed by atoms with van der Waals surface area (Å²) in [6.45, 7) is 2.08. The molecule has 6 heteroatoms. The highest BCUT2D eigenvalue weighted by Crippen LogP contribution is 2.37. The maximum absolute atomic E-state index is 12.7. The molecule has 0 aliphatic carbocycles. The molecular weight excluding hydrogens is 394 g/mol. The number of hydrogen-bond acceptors (Lipinski definition) is 5. The molecule has 0 bridgehead atoms. The molecule has 0 saturated carbocycles. The number of aryl methyl sites for hydroxylation is 1. The Morgan fingerprint density at radius 3 is 2.52 bits per heavy atom. The Kier molecular flexibility index (Phi) is 5.62. The molecular formula is C25H19NO5. The molecule has 1 aliphatic heterocycles. The summed E-state index contributed by atoms with van der Waals surface area (Å²) < 4.78 is 11.6. The van der Waals surface area contributed by atoms with Gasteiger partial charge in [0.05, 0.1) is 10.5 Å². The van der Waals surface area contributed by atoms with Gasteiger partial charge in [-0.2, -0.15) is 0 Å². The molecule has 0 spiro atoms. The fraction of sp³-hybridized carbons (Fsp3) is 0.0800. The van der Waals surface area contributed by atoms with Crippen LogP contribution in [-0.4, -0.2) is 10.7 Å². The van der Waals surface area contributed by atoms with E-state index in [1.165, 1.54) is 12.1 Å². The standard InChI is InChI=1S/C25H19NO5/c1-17-14-21(30-16-19-10-12-20(13-11-19)26(28)29)15-23-24(17)25(27)22(31-23)9-5-8-18-6-3-2-4-7-18/h2-15H,16H2,1H3/b8-5+,22-9-. The third kappa shape index (κ3) is 4.53. The van der Waals surface area contributed by atoms with E-state index in [4.69, 9.17) is 9.47 Å². The van der Waals surface area contributed by atoms with Crippen molar-refractivity contribution >= 4 is 17.5 Å². The lowest BCUT2D eigenvalue weighted by molar-refractivity contribution is -0.384. The van der Waals surface area contributed by atoms with Crippen LogP contribution in [0.3, 0.4) is 0 Å². The van der Waals surface area contributed by atoms with Gasteiger partial charge in [-0.3, -0.25) is 14.9 Å². The number of rotatable bonds is 6. The largest absolute Gasteiger partial charge is 0.489 e. The van der Waals surface area contributed by atoms with Crippen LogP contribution in [-0.2, 0) is 6.61 Å². The van der Waals surface area contributed by atoms with Crippen LogP contribution in [0.2, 0.25) is 0 Å². The second-order valence-electron chi connectivity index (χ2n) is 7.06. The predicted octanol–water partition coefficient (Wildman–Crippen LogP) is 5.65. The molecule has 0 unspecified atom stereocenters. The van der Waals surface area contributed by atoms with Crippen molar-refractivity contribution in [2.24, 2.45) is 0 Å². The number of nitro groups is 1. The average molecular weight is 413 g/mol. The third-order valence-electron chi connectivity index (χ3n) is 4.83. The zero-order valence-electron chi connectivity index (χ0n) is 16.8. The number of nitrogens with zero attached hydrogens (tertiary/aromatic N) is 1. The topological polar surface area (TPSA) is 78.7 Å². The van der Waals surface area contributed by atoms with Crippen molar-refractivity contribution < 1.29 is 19.2 Å². The van der Waals surface area contributed by atoms with Gasteiger partial charge >= 0.3 is 0 Å². The first-order valence-electron chi connectivity index (χ1n) is 9.68. The lowest BCUT2D eigenvalue weighted by atomic mass is 10.0. The first-order valence-corrected chi connectivity index (χ1v) is 9.68. The van der Waals surface area contributed by atoms with Crippen LogP contribution in [0.1, 0.15) is 27.0 Å². The van der Waals surface area contributed by atoms with Gasteiger partial charge < -0.3 is 9.47 Å². The lowest BCUT2D eigenvalue weighted by Crippen LogP contribution is -2.00. The van der Waals surface area contributed by atoms with E-state index >= 15 is 0 Å². The number of fused-ring (bicyclic) bond motifs is 1. The zero-order chi connectivity index (χ0) is 21.8. The van der Waals surface area contributed by atoms with Gasteiger partial charge in [0.2, 0.25) is 5.78 Å². The smallest absolute Gasteiger partial charge is 0.269 e. The lowest BCUT2D eigenvalue weighted by Gasteiger charge is -2.09. The van der Waals surface area contributed by atoms with Crippen molar-refractivity contribution in [2.45, 2.75) is 13.5 Å². The van der Waals surface area contributed by atoms with Gasteiger partial charge in [0, 0.05) is 18.2 Å². The first kappa shape index (κ1) is 20.1. The van der Waals surface area contributed by atoms with E-state index in [1.54, 1.807) is 36.4 Å². The average Bonchev–Trinajstić information content (AvgIpc) is 3.09. The van der Waals surface area contributed by atoms with Crippen molar-refractivity contribution in [1.82, 2.24) is 0 Å². The number of carbonyl (C=O) groups excluding carboxylic acids is 1. The summed E-state index contributed by atoms with van der Waals surface area (Å²) in [5, 5.41) is 10.8. The Morgan fingerprint density at radius 2 is 1.81 bits per heavy atom. The number of non-ortho nitro benzene ring substituents is 1. The molecule has 0 atom stereocenters. The number of nitro benzene ring substituents is 1. The molecule has 4 rings (SSSR count). The van der Waals surface area contributed by atoms with Crippen LogP contribution in [0.15, 0.2) is 84.6 Å². The summed E-state index contributed by atoms with van der Waals surface area (Å²) >= 11 is 0.